The van der Waals surface area contributed by atoms with E-state index in [4.69, 9.17) is 4.74 Å². The first-order valence-corrected chi connectivity index (χ1v) is 10.9. The van der Waals surface area contributed by atoms with Crippen LogP contribution in [0.15, 0.2) is 77.3 Å². The summed E-state index contributed by atoms with van der Waals surface area (Å²) < 4.78 is 7.97. The van der Waals surface area contributed by atoms with Crippen molar-refractivity contribution in [2.24, 2.45) is 0 Å². The Bertz CT molecular complexity index is 1140. The van der Waals surface area contributed by atoms with Gasteiger partial charge in [-0.05, 0) is 48.4 Å². The molecule has 2 aromatic carbocycles. The van der Waals surface area contributed by atoms with Crippen molar-refractivity contribution in [2.75, 3.05) is 13.7 Å². The van der Waals surface area contributed by atoms with Gasteiger partial charge in [0.25, 0.3) is 11.7 Å². The maximum atomic E-state index is 13.0. The Morgan fingerprint density at radius 1 is 1.09 bits per heavy atom. The van der Waals surface area contributed by atoms with E-state index in [-0.39, 0.29) is 11.3 Å². The van der Waals surface area contributed by atoms with Gasteiger partial charge in [-0.15, -0.1) is 0 Å². The van der Waals surface area contributed by atoms with Gasteiger partial charge in [-0.2, -0.15) is 0 Å². The van der Waals surface area contributed by atoms with Gasteiger partial charge in [0.2, 0.25) is 0 Å². The van der Waals surface area contributed by atoms with Crippen LogP contribution in [-0.2, 0) is 16.1 Å². The van der Waals surface area contributed by atoms with Crippen LogP contribution in [0.2, 0.25) is 0 Å². The Balaban J connectivity index is 1.71. The van der Waals surface area contributed by atoms with E-state index < -0.39 is 17.7 Å². The zero-order chi connectivity index (χ0) is 22.7. The van der Waals surface area contributed by atoms with Crippen LogP contribution in [0.1, 0.15) is 23.6 Å². The molecule has 0 aliphatic carbocycles. The number of aryl methyl sites for hydroxylation is 1. The highest BCUT2D eigenvalue weighted by Gasteiger charge is 2.45. The second-order valence-corrected chi connectivity index (χ2v) is 8.34. The third kappa shape index (κ3) is 4.31. The summed E-state index contributed by atoms with van der Waals surface area (Å²) in [5.74, 6) is -0.866. The van der Waals surface area contributed by atoms with E-state index in [0.29, 0.717) is 30.8 Å². The fraction of sp³-hybridized carbons (Fsp3) is 0.208. The lowest BCUT2D eigenvalue weighted by Crippen LogP contribution is -2.31. The molecule has 164 valence electrons. The van der Waals surface area contributed by atoms with Crippen molar-refractivity contribution in [1.82, 2.24) is 14.5 Å². The molecule has 0 radical (unpaired) electrons. The van der Waals surface area contributed by atoms with Crippen molar-refractivity contribution >= 4 is 33.4 Å². The fourth-order valence-electron chi connectivity index (χ4n) is 3.85. The predicted molar refractivity (Wildman–Crippen MR) is 123 cm³/mol. The standard InChI is InChI=1S/C24H22BrN3O4/c1-32-19-9-5-17(6-10-19)22(29)20-21(16-3-7-18(25)8-4-16)28(24(31)23(20)30)13-2-12-27-14-11-26-15-27/h3-11,14-15,21,29H,2,12-13H2,1H3/t21-/m0/s1. The number of methoxy groups -OCH3 is 1. The zero-order valence-electron chi connectivity index (χ0n) is 17.4. The summed E-state index contributed by atoms with van der Waals surface area (Å²) >= 11 is 3.42. The molecule has 4 rings (SSSR count). The van der Waals surface area contributed by atoms with Gasteiger partial charge in [0.15, 0.2) is 0 Å². The molecule has 1 fully saturated rings. The lowest BCUT2D eigenvalue weighted by atomic mass is 9.95. The van der Waals surface area contributed by atoms with Gasteiger partial charge in [0.05, 0.1) is 25.1 Å². The molecule has 7 nitrogen and oxygen atoms in total. The lowest BCUT2D eigenvalue weighted by molar-refractivity contribution is -0.139. The molecule has 0 saturated carbocycles. The summed E-state index contributed by atoms with van der Waals surface area (Å²) in [5, 5.41) is 11.1. The van der Waals surface area contributed by atoms with E-state index in [1.165, 1.54) is 4.90 Å². The Labute approximate surface area is 194 Å². The van der Waals surface area contributed by atoms with Gasteiger partial charge in [0.1, 0.15) is 11.5 Å². The Hall–Kier alpha value is -3.39. The number of aliphatic hydroxyl groups is 1. The maximum Gasteiger partial charge on any atom is 0.295 e. The van der Waals surface area contributed by atoms with Crippen LogP contribution in [0, 0.1) is 0 Å². The number of aromatic nitrogens is 2. The average Bonchev–Trinajstić information content (AvgIpc) is 3.41. The maximum absolute atomic E-state index is 13.0. The topological polar surface area (TPSA) is 84.7 Å². The molecule has 0 bridgehead atoms. The Kier molecular flexibility index (Phi) is 6.41. The number of carbonyl (C=O) groups is 2. The molecule has 1 amide bonds. The number of rotatable bonds is 7. The van der Waals surface area contributed by atoms with Crippen LogP contribution < -0.4 is 4.74 Å². The summed E-state index contributed by atoms with van der Waals surface area (Å²) in [6.07, 6.45) is 5.90. The SMILES string of the molecule is COc1ccc(C(O)=C2C(=O)C(=O)N(CCCn3ccnc3)[C@H]2c2ccc(Br)cc2)cc1. The van der Waals surface area contributed by atoms with E-state index in [9.17, 15) is 14.7 Å². The van der Waals surface area contributed by atoms with Crippen molar-refractivity contribution in [3.63, 3.8) is 0 Å². The van der Waals surface area contributed by atoms with Gasteiger partial charge in [0, 0.05) is 35.5 Å². The van der Waals surface area contributed by atoms with Crippen LogP contribution in [0.4, 0.5) is 0 Å². The first-order valence-electron chi connectivity index (χ1n) is 10.1. The van der Waals surface area contributed by atoms with Gasteiger partial charge < -0.3 is 19.3 Å². The minimum absolute atomic E-state index is 0.0881. The molecular weight excluding hydrogens is 474 g/mol. The third-order valence-electron chi connectivity index (χ3n) is 5.46. The normalized spacial score (nSPS) is 17.7. The number of ether oxygens (including phenoxy) is 1. The fourth-order valence-corrected chi connectivity index (χ4v) is 4.11. The first kappa shape index (κ1) is 21.8. The quantitative estimate of drug-likeness (QED) is 0.302. The van der Waals surface area contributed by atoms with Crippen LogP contribution in [-0.4, -0.2) is 44.9 Å². The first-order chi connectivity index (χ1) is 15.5. The second kappa shape index (κ2) is 9.40. The Morgan fingerprint density at radius 3 is 2.44 bits per heavy atom. The number of amides is 1. The van der Waals surface area contributed by atoms with Crippen molar-refractivity contribution in [3.05, 3.63) is 88.4 Å². The number of Topliss-reactive ketones (excluding diaryl/α,β-unsaturated/α-hetero) is 1. The van der Waals surface area contributed by atoms with Gasteiger partial charge in [-0.1, -0.05) is 28.1 Å². The van der Waals surface area contributed by atoms with E-state index in [0.717, 1.165) is 10.0 Å². The minimum Gasteiger partial charge on any atom is -0.507 e. The molecule has 1 aliphatic rings. The molecule has 8 heteroatoms. The van der Waals surface area contributed by atoms with E-state index >= 15 is 0 Å². The second-order valence-electron chi connectivity index (χ2n) is 7.43. The number of carbonyl (C=O) groups excluding carboxylic acids is 2. The number of halogens is 1. The lowest BCUT2D eigenvalue weighted by Gasteiger charge is -2.25. The van der Waals surface area contributed by atoms with Gasteiger partial charge in [-0.25, -0.2) is 4.98 Å². The van der Waals surface area contributed by atoms with Crippen molar-refractivity contribution in [1.29, 1.82) is 0 Å². The predicted octanol–water partition coefficient (Wildman–Crippen LogP) is 4.17. The van der Waals surface area contributed by atoms with E-state index in [1.54, 1.807) is 43.9 Å². The molecule has 0 unspecified atom stereocenters. The Morgan fingerprint density at radius 2 is 1.81 bits per heavy atom. The summed E-state index contributed by atoms with van der Waals surface area (Å²) in [7, 11) is 1.55. The molecule has 2 heterocycles. The number of hydrogen-bond donors (Lipinski definition) is 1. The number of benzene rings is 2. The smallest absolute Gasteiger partial charge is 0.295 e. The average molecular weight is 496 g/mol. The molecule has 1 aliphatic heterocycles. The number of imidazole rings is 1. The highest BCUT2D eigenvalue weighted by atomic mass is 79.9. The molecular formula is C24H22BrN3O4. The molecule has 1 N–H and O–H groups in total. The van der Waals surface area contributed by atoms with Crippen molar-refractivity contribution in [2.45, 2.75) is 19.0 Å². The number of nitrogens with zero attached hydrogens (tertiary/aromatic N) is 3. The van der Waals surface area contributed by atoms with Crippen molar-refractivity contribution in [3.8, 4) is 5.75 Å². The molecule has 1 atom stereocenters. The summed E-state index contributed by atoms with van der Waals surface area (Å²) in [5.41, 5.74) is 1.29. The number of hydrogen-bond acceptors (Lipinski definition) is 5. The molecule has 1 saturated heterocycles. The van der Waals surface area contributed by atoms with Gasteiger partial charge >= 0.3 is 0 Å². The number of ketones is 1. The van der Waals surface area contributed by atoms with E-state index in [1.807, 2.05) is 35.0 Å². The minimum atomic E-state index is -0.686. The summed E-state index contributed by atoms with van der Waals surface area (Å²) in [6, 6.07) is 13.5. The zero-order valence-corrected chi connectivity index (χ0v) is 19.0. The van der Waals surface area contributed by atoms with Crippen LogP contribution in [0.25, 0.3) is 5.76 Å². The summed E-state index contributed by atoms with van der Waals surface area (Å²) in [6.45, 7) is 1.03. The highest BCUT2D eigenvalue weighted by Crippen LogP contribution is 2.40. The molecule has 0 spiro atoms. The van der Waals surface area contributed by atoms with Gasteiger partial charge in [-0.3, -0.25) is 9.59 Å². The molecule has 32 heavy (non-hydrogen) atoms. The molecule has 3 aromatic rings. The summed E-state index contributed by atoms with van der Waals surface area (Å²) in [4.78, 5) is 31.6. The largest absolute Gasteiger partial charge is 0.507 e. The van der Waals surface area contributed by atoms with E-state index in [2.05, 4.69) is 20.9 Å². The third-order valence-corrected chi connectivity index (χ3v) is 5.99. The van der Waals surface area contributed by atoms with Crippen LogP contribution >= 0.6 is 15.9 Å². The number of likely N-dealkylation sites (tertiary alicyclic amines) is 1. The van der Waals surface area contributed by atoms with Crippen LogP contribution in [0.3, 0.4) is 0 Å². The molecule has 1 aromatic heterocycles. The van der Waals surface area contributed by atoms with Crippen LogP contribution in [0.5, 0.6) is 5.75 Å². The monoisotopic (exact) mass is 495 g/mol. The number of aliphatic hydroxyl groups excluding tert-OH is 1. The highest BCUT2D eigenvalue weighted by molar-refractivity contribution is 9.10. The van der Waals surface area contributed by atoms with Crippen molar-refractivity contribution < 1.29 is 19.4 Å².